The molecule has 0 bridgehead atoms. The first kappa shape index (κ1) is 20.3. The van der Waals surface area contributed by atoms with Crippen molar-refractivity contribution in [2.75, 3.05) is 33.9 Å². The van der Waals surface area contributed by atoms with Crippen LogP contribution in [0.1, 0.15) is 30.0 Å². The highest BCUT2D eigenvalue weighted by atomic mass is 19.1. The van der Waals surface area contributed by atoms with Crippen LogP contribution in [0.2, 0.25) is 0 Å². The lowest BCUT2D eigenvalue weighted by Crippen LogP contribution is -2.36. The Morgan fingerprint density at radius 3 is 2.36 bits per heavy atom. The van der Waals surface area contributed by atoms with Crippen molar-refractivity contribution in [2.24, 2.45) is 11.1 Å². The summed E-state index contributed by atoms with van der Waals surface area (Å²) in [5, 5.41) is 3.44. The molecule has 0 aliphatic carbocycles. The second kappa shape index (κ2) is 9.64. The van der Waals surface area contributed by atoms with E-state index in [4.69, 9.17) is 9.47 Å². The first-order valence-corrected chi connectivity index (χ1v) is 9.65. The molecule has 28 heavy (non-hydrogen) atoms. The van der Waals surface area contributed by atoms with Gasteiger partial charge in [-0.2, -0.15) is 4.91 Å². The zero-order valence-corrected chi connectivity index (χ0v) is 16.4. The van der Waals surface area contributed by atoms with E-state index in [-0.39, 0.29) is 17.8 Å². The van der Waals surface area contributed by atoms with Gasteiger partial charge in [-0.1, -0.05) is 23.4 Å². The van der Waals surface area contributed by atoms with Crippen LogP contribution in [0.5, 0.6) is 11.5 Å². The summed E-state index contributed by atoms with van der Waals surface area (Å²) in [6.07, 6.45) is 2.75. The van der Waals surface area contributed by atoms with E-state index in [1.807, 2.05) is 30.3 Å². The van der Waals surface area contributed by atoms with Gasteiger partial charge in [0, 0.05) is 6.54 Å². The molecule has 150 valence electrons. The number of methoxy groups -OCH3 is 2. The van der Waals surface area contributed by atoms with Gasteiger partial charge < -0.3 is 14.4 Å². The van der Waals surface area contributed by atoms with Gasteiger partial charge in [-0.25, -0.2) is 4.39 Å². The Bertz CT molecular complexity index is 774. The molecule has 5 nitrogen and oxygen atoms in total. The molecule has 0 aromatic heterocycles. The van der Waals surface area contributed by atoms with Crippen LogP contribution in [-0.4, -0.2) is 38.8 Å². The van der Waals surface area contributed by atoms with Crippen LogP contribution in [0, 0.1) is 16.6 Å². The number of likely N-dealkylation sites (tertiary alicyclic amines) is 1. The van der Waals surface area contributed by atoms with Crippen molar-refractivity contribution in [3.8, 4) is 11.5 Å². The Hall–Kier alpha value is -2.47. The van der Waals surface area contributed by atoms with E-state index in [0.717, 1.165) is 50.0 Å². The van der Waals surface area contributed by atoms with Crippen molar-refractivity contribution in [1.82, 2.24) is 4.90 Å². The van der Waals surface area contributed by atoms with Crippen molar-refractivity contribution in [3.63, 3.8) is 0 Å². The summed E-state index contributed by atoms with van der Waals surface area (Å²) in [5.74, 6) is 1.28. The summed E-state index contributed by atoms with van der Waals surface area (Å²) >= 11 is 0. The molecule has 3 rings (SSSR count). The summed E-state index contributed by atoms with van der Waals surface area (Å²) in [5.41, 5.74) is 2.01. The topological polar surface area (TPSA) is 51.1 Å². The van der Waals surface area contributed by atoms with E-state index in [1.165, 1.54) is 12.1 Å². The molecule has 2 aromatic carbocycles. The SMILES string of the molecule is COc1ccc(C(N=O)C2CCN(CCc3ccc(F)cc3)CC2)cc1OC. The summed E-state index contributed by atoms with van der Waals surface area (Å²) in [4.78, 5) is 14.0. The molecule has 1 aliphatic heterocycles. The van der Waals surface area contributed by atoms with Crippen LogP contribution in [0.25, 0.3) is 0 Å². The van der Waals surface area contributed by atoms with E-state index in [9.17, 15) is 9.30 Å². The third-order valence-corrected chi connectivity index (χ3v) is 5.57. The number of rotatable bonds is 8. The van der Waals surface area contributed by atoms with Gasteiger partial charge in [0.15, 0.2) is 11.5 Å². The van der Waals surface area contributed by atoms with Crippen LogP contribution >= 0.6 is 0 Å². The molecule has 0 radical (unpaired) electrons. The van der Waals surface area contributed by atoms with Gasteiger partial charge in [-0.05, 0) is 73.7 Å². The van der Waals surface area contributed by atoms with Crippen LogP contribution in [-0.2, 0) is 6.42 Å². The summed E-state index contributed by atoms with van der Waals surface area (Å²) in [7, 11) is 3.18. The summed E-state index contributed by atoms with van der Waals surface area (Å²) < 4.78 is 23.6. The largest absolute Gasteiger partial charge is 0.493 e. The van der Waals surface area contributed by atoms with Gasteiger partial charge in [0.1, 0.15) is 11.9 Å². The molecule has 1 heterocycles. The molecule has 6 heteroatoms. The zero-order chi connectivity index (χ0) is 19.9. The van der Waals surface area contributed by atoms with Crippen molar-refractivity contribution in [3.05, 3.63) is 64.3 Å². The molecule has 1 unspecified atom stereocenters. The van der Waals surface area contributed by atoms with Crippen LogP contribution in [0.4, 0.5) is 4.39 Å². The van der Waals surface area contributed by atoms with Gasteiger partial charge in [-0.3, -0.25) is 0 Å². The Kier molecular flexibility index (Phi) is 6.98. The van der Waals surface area contributed by atoms with Crippen LogP contribution in [0.3, 0.4) is 0 Å². The number of nitroso groups, excluding NO2 is 1. The lowest BCUT2D eigenvalue weighted by Gasteiger charge is -2.34. The molecule has 0 amide bonds. The van der Waals surface area contributed by atoms with Crippen LogP contribution < -0.4 is 9.47 Å². The van der Waals surface area contributed by atoms with Gasteiger partial charge in [0.05, 0.1) is 14.2 Å². The first-order valence-electron chi connectivity index (χ1n) is 9.65. The van der Waals surface area contributed by atoms with Crippen molar-refractivity contribution in [1.29, 1.82) is 0 Å². The maximum Gasteiger partial charge on any atom is 0.161 e. The molecule has 2 aromatic rings. The molecular weight excluding hydrogens is 359 g/mol. The lowest BCUT2D eigenvalue weighted by molar-refractivity contribution is 0.170. The second-order valence-electron chi connectivity index (χ2n) is 7.22. The predicted molar refractivity (Wildman–Crippen MR) is 107 cm³/mol. The van der Waals surface area contributed by atoms with Gasteiger partial charge in [0.25, 0.3) is 0 Å². The maximum atomic E-state index is 13.0. The Morgan fingerprint density at radius 1 is 1.07 bits per heavy atom. The predicted octanol–water partition coefficient (Wildman–Crippen LogP) is 4.61. The average molecular weight is 386 g/mol. The van der Waals surface area contributed by atoms with E-state index >= 15 is 0 Å². The summed E-state index contributed by atoms with van der Waals surface area (Å²) in [6, 6.07) is 11.9. The number of ether oxygens (including phenoxy) is 2. The minimum Gasteiger partial charge on any atom is -0.493 e. The van der Waals surface area contributed by atoms with E-state index in [2.05, 4.69) is 10.1 Å². The quantitative estimate of drug-likeness (QED) is 0.622. The Labute approximate surface area is 165 Å². The molecule has 0 saturated carbocycles. The molecule has 1 saturated heterocycles. The number of halogens is 1. The first-order chi connectivity index (χ1) is 13.6. The number of benzene rings is 2. The maximum absolute atomic E-state index is 13.0. The molecule has 1 atom stereocenters. The van der Waals surface area contributed by atoms with Crippen molar-refractivity contribution < 1.29 is 13.9 Å². The fourth-order valence-corrected chi connectivity index (χ4v) is 3.89. The third kappa shape index (κ3) is 4.87. The lowest BCUT2D eigenvalue weighted by atomic mass is 9.85. The van der Waals surface area contributed by atoms with Crippen LogP contribution in [0.15, 0.2) is 47.6 Å². The molecule has 1 fully saturated rings. The standard InChI is InChI=1S/C22H27FN2O3/c1-27-20-8-5-18(15-21(20)28-2)22(24-26)17-10-13-25(14-11-17)12-9-16-3-6-19(23)7-4-16/h3-8,15,17,22H,9-14H2,1-2H3. The number of hydrogen-bond acceptors (Lipinski definition) is 5. The van der Waals surface area contributed by atoms with Crippen molar-refractivity contribution >= 4 is 0 Å². The van der Waals surface area contributed by atoms with Gasteiger partial charge in [-0.15, -0.1) is 0 Å². The Morgan fingerprint density at radius 2 is 1.75 bits per heavy atom. The molecule has 0 spiro atoms. The van der Waals surface area contributed by atoms with E-state index in [1.54, 1.807) is 14.2 Å². The van der Waals surface area contributed by atoms with Gasteiger partial charge >= 0.3 is 0 Å². The van der Waals surface area contributed by atoms with Crippen molar-refractivity contribution in [2.45, 2.75) is 25.3 Å². The molecule has 0 N–H and O–H groups in total. The zero-order valence-electron chi connectivity index (χ0n) is 16.4. The fourth-order valence-electron chi connectivity index (χ4n) is 3.89. The molecular formula is C22H27FN2O3. The monoisotopic (exact) mass is 386 g/mol. The highest BCUT2D eigenvalue weighted by Gasteiger charge is 2.29. The highest BCUT2D eigenvalue weighted by molar-refractivity contribution is 5.44. The normalized spacial score (nSPS) is 16.5. The minimum atomic E-state index is -0.376. The number of piperidine rings is 1. The number of hydrogen-bond donors (Lipinski definition) is 0. The molecule has 1 aliphatic rings. The fraction of sp³-hybridized carbons (Fsp3) is 0.455. The van der Waals surface area contributed by atoms with E-state index < -0.39 is 0 Å². The minimum absolute atomic E-state index is 0.202. The second-order valence-corrected chi connectivity index (χ2v) is 7.22. The smallest absolute Gasteiger partial charge is 0.161 e. The third-order valence-electron chi connectivity index (χ3n) is 5.57. The number of nitrogens with zero attached hydrogens (tertiary/aromatic N) is 2. The van der Waals surface area contributed by atoms with E-state index in [0.29, 0.717) is 11.5 Å². The van der Waals surface area contributed by atoms with Gasteiger partial charge in [0.2, 0.25) is 0 Å². The Balaban J connectivity index is 1.56. The highest BCUT2D eigenvalue weighted by Crippen LogP contribution is 2.37. The average Bonchev–Trinajstić information content (AvgIpc) is 2.74. The summed E-state index contributed by atoms with van der Waals surface area (Å²) in [6.45, 7) is 2.81.